The molecule has 0 amide bonds. The summed E-state index contributed by atoms with van der Waals surface area (Å²) in [5, 5.41) is 12.8. The van der Waals surface area contributed by atoms with Crippen LogP contribution in [0.4, 0.5) is 5.69 Å². The molecule has 0 saturated carbocycles. The van der Waals surface area contributed by atoms with Crippen LogP contribution in [-0.2, 0) is 0 Å². The molecule has 1 aromatic carbocycles. The van der Waals surface area contributed by atoms with Gasteiger partial charge in [-0.25, -0.2) is 0 Å². The summed E-state index contributed by atoms with van der Waals surface area (Å²) >= 11 is 6.84. The van der Waals surface area contributed by atoms with Gasteiger partial charge in [0.2, 0.25) is 0 Å². The fourth-order valence-electron chi connectivity index (χ4n) is 1.05. The fraction of sp³-hybridized carbons (Fsp3) is 0. The van der Waals surface area contributed by atoms with Crippen molar-refractivity contribution in [3.05, 3.63) is 44.9 Å². The van der Waals surface area contributed by atoms with Gasteiger partial charge in [0.15, 0.2) is 0 Å². The standard InChI is InChI=1S/C9H5ClN2O3S/c10-8-5-16-9(11-8)15-7-3-1-2-6(4-7)12(13)14/h1-5H. The first kappa shape index (κ1) is 10.8. The normalized spacial score (nSPS) is 10.1. The van der Waals surface area contributed by atoms with E-state index in [0.29, 0.717) is 16.1 Å². The largest absolute Gasteiger partial charge is 0.431 e. The number of rotatable bonds is 3. The molecule has 0 aliphatic heterocycles. The van der Waals surface area contributed by atoms with Crippen molar-refractivity contribution >= 4 is 28.6 Å². The van der Waals surface area contributed by atoms with Crippen molar-refractivity contribution < 1.29 is 9.66 Å². The van der Waals surface area contributed by atoms with Gasteiger partial charge in [0, 0.05) is 11.4 Å². The van der Waals surface area contributed by atoms with E-state index in [1.54, 1.807) is 17.5 Å². The molecule has 0 aliphatic carbocycles. The molecule has 0 atom stereocenters. The lowest BCUT2D eigenvalue weighted by Gasteiger charge is -2.00. The molecule has 2 aromatic rings. The third-order valence-corrected chi connectivity index (χ3v) is 2.73. The van der Waals surface area contributed by atoms with Gasteiger partial charge in [0.25, 0.3) is 10.9 Å². The van der Waals surface area contributed by atoms with E-state index in [0.717, 1.165) is 0 Å². The van der Waals surface area contributed by atoms with E-state index in [2.05, 4.69) is 4.98 Å². The Morgan fingerprint density at radius 1 is 1.50 bits per heavy atom. The number of hydrogen-bond donors (Lipinski definition) is 0. The molecule has 1 aromatic heterocycles. The summed E-state index contributed by atoms with van der Waals surface area (Å²) in [7, 11) is 0. The van der Waals surface area contributed by atoms with Crippen LogP contribution in [0.1, 0.15) is 0 Å². The Morgan fingerprint density at radius 3 is 2.94 bits per heavy atom. The van der Waals surface area contributed by atoms with Crippen molar-refractivity contribution in [1.82, 2.24) is 4.98 Å². The highest BCUT2D eigenvalue weighted by Gasteiger charge is 2.08. The van der Waals surface area contributed by atoms with Crippen molar-refractivity contribution in [3.8, 4) is 10.9 Å². The highest BCUT2D eigenvalue weighted by molar-refractivity contribution is 7.11. The molecule has 2 rings (SSSR count). The minimum Gasteiger partial charge on any atom is -0.431 e. The van der Waals surface area contributed by atoms with E-state index >= 15 is 0 Å². The van der Waals surface area contributed by atoms with Gasteiger partial charge in [0.05, 0.1) is 11.0 Å². The van der Waals surface area contributed by atoms with Crippen LogP contribution in [0, 0.1) is 10.1 Å². The predicted molar refractivity (Wildman–Crippen MR) is 60.3 cm³/mol. The quantitative estimate of drug-likeness (QED) is 0.623. The lowest BCUT2D eigenvalue weighted by molar-refractivity contribution is -0.384. The second kappa shape index (κ2) is 4.46. The molecule has 1 heterocycles. The van der Waals surface area contributed by atoms with Crippen molar-refractivity contribution in [3.63, 3.8) is 0 Å². The number of nitro benzene ring substituents is 1. The van der Waals surface area contributed by atoms with E-state index in [4.69, 9.17) is 16.3 Å². The highest BCUT2D eigenvalue weighted by atomic mass is 35.5. The van der Waals surface area contributed by atoms with Crippen LogP contribution in [0.25, 0.3) is 0 Å². The second-order valence-corrected chi connectivity index (χ2v) is 4.00. The number of nitro groups is 1. The van der Waals surface area contributed by atoms with E-state index in [1.807, 2.05) is 0 Å². The molecule has 82 valence electrons. The van der Waals surface area contributed by atoms with E-state index in [-0.39, 0.29) is 5.69 Å². The zero-order chi connectivity index (χ0) is 11.5. The summed E-state index contributed by atoms with van der Waals surface area (Å²) in [6.07, 6.45) is 0. The zero-order valence-corrected chi connectivity index (χ0v) is 9.36. The third-order valence-electron chi connectivity index (χ3n) is 1.69. The third kappa shape index (κ3) is 2.47. The Labute approximate surface area is 99.4 Å². The first-order valence-corrected chi connectivity index (χ1v) is 5.44. The Balaban J connectivity index is 2.21. The number of halogens is 1. The summed E-state index contributed by atoms with van der Waals surface area (Å²) in [6.45, 7) is 0. The monoisotopic (exact) mass is 256 g/mol. The second-order valence-electron chi connectivity index (χ2n) is 2.79. The van der Waals surface area contributed by atoms with E-state index < -0.39 is 4.92 Å². The van der Waals surface area contributed by atoms with Gasteiger partial charge in [-0.05, 0) is 6.07 Å². The molecule has 7 heteroatoms. The van der Waals surface area contributed by atoms with Crippen molar-refractivity contribution in [2.75, 3.05) is 0 Å². The molecular formula is C9H5ClN2O3S. The van der Waals surface area contributed by atoms with E-state index in [9.17, 15) is 10.1 Å². The van der Waals surface area contributed by atoms with Gasteiger partial charge in [-0.3, -0.25) is 10.1 Å². The number of benzene rings is 1. The summed E-state index contributed by atoms with van der Waals surface area (Å²) in [5.41, 5.74) is -0.0276. The summed E-state index contributed by atoms with van der Waals surface area (Å²) in [5.74, 6) is 0.361. The molecule has 5 nitrogen and oxygen atoms in total. The number of aromatic nitrogens is 1. The number of ether oxygens (including phenoxy) is 1. The van der Waals surface area contributed by atoms with Crippen LogP contribution < -0.4 is 4.74 Å². The van der Waals surface area contributed by atoms with Gasteiger partial charge >= 0.3 is 0 Å². The minimum atomic E-state index is -0.484. The highest BCUT2D eigenvalue weighted by Crippen LogP contribution is 2.28. The average Bonchev–Trinajstić information content (AvgIpc) is 2.64. The molecule has 0 unspecified atom stereocenters. The lowest BCUT2D eigenvalue weighted by Crippen LogP contribution is -1.89. The van der Waals surface area contributed by atoms with Crippen molar-refractivity contribution in [2.45, 2.75) is 0 Å². The molecule has 0 spiro atoms. The maximum atomic E-state index is 10.5. The van der Waals surface area contributed by atoms with Gasteiger partial charge in [-0.15, -0.1) is 0 Å². The fourth-order valence-corrected chi connectivity index (χ4v) is 1.85. The van der Waals surface area contributed by atoms with Crippen molar-refractivity contribution in [2.24, 2.45) is 0 Å². The average molecular weight is 257 g/mol. The Bertz CT molecular complexity index is 529. The van der Waals surface area contributed by atoms with Crippen LogP contribution in [0.2, 0.25) is 5.15 Å². The Morgan fingerprint density at radius 2 is 2.31 bits per heavy atom. The first-order chi connectivity index (χ1) is 7.65. The van der Waals surface area contributed by atoms with Gasteiger partial charge in [-0.2, -0.15) is 4.98 Å². The van der Waals surface area contributed by atoms with Crippen LogP contribution in [0.15, 0.2) is 29.6 Å². The first-order valence-electron chi connectivity index (χ1n) is 4.18. The molecule has 0 radical (unpaired) electrons. The van der Waals surface area contributed by atoms with Gasteiger partial charge < -0.3 is 4.74 Å². The van der Waals surface area contributed by atoms with Crippen LogP contribution in [-0.4, -0.2) is 9.91 Å². The topological polar surface area (TPSA) is 65.3 Å². The number of hydrogen-bond acceptors (Lipinski definition) is 5. The molecule has 0 N–H and O–H groups in total. The molecule has 0 saturated heterocycles. The summed E-state index contributed by atoms with van der Waals surface area (Å²) in [4.78, 5) is 13.9. The number of thiazole rings is 1. The van der Waals surface area contributed by atoms with Crippen molar-refractivity contribution in [1.29, 1.82) is 0 Å². The summed E-state index contributed by atoms with van der Waals surface area (Å²) in [6, 6.07) is 5.88. The number of non-ortho nitro benzene ring substituents is 1. The predicted octanol–water partition coefficient (Wildman–Crippen LogP) is 3.50. The molecular weight excluding hydrogens is 252 g/mol. The lowest BCUT2D eigenvalue weighted by atomic mass is 10.3. The zero-order valence-electron chi connectivity index (χ0n) is 7.79. The minimum absolute atomic E-state index is 0.0276. The molecule has 16 heavy (non-hydrogen) atoms. The molecule has 0 fully saturated rings. The SMILES string of the molecule is O=[N+]([O-])c1cccc(Oc2nc(Cl)cs2)c1. The maximum Gasteiger partial charge on any atom is 0.280 e. The molecule has 0 aliphatic rings. The molecule has 0 bridgehead atoms. The van der Waals surface area contributed by atoms with Gasteiger partial charge in [-0.1, -0.05) is 29.0 Å². The Kier molecular flexibility index (Phi) is 3.02. The van der Waals surface area contributed by atoms with Crippen LogP contribution >= 0.6 is 22.9 Å². The van der Waals surface area contributed by atoms with Crippen LogP contribution in [0.5, 0.6) is 10.9 Å². The van der Waals surface area contributed by atoms with Gasteiger partial charge in [0.1, 0.15) is 10.9 Å². The summed E-state index contributed by atoms with van der Waals surface area (Å²) < 4.78 is 5.31. The van der Waals surface area contributed by atoms with Crippen LogP contribution in [0.3, 0.4) is 0 Å². The smallest absolute Gasteiger partial charge is 0.280 e. The van der Waals surface area contributed by atoms with E-state index in [1.165, 1.54) is 23.5 Å². The Hall–Kier alpha value is -1.66. The maximum absolute atomic E-state index is 10.5. The number of nitrogens with zero attached hydrogens (tertiary/aromatic N) is 2.